The molecule has 2 heteroatoms. The molecular formula is C9H18N2. The summed E-state index contributed by atoms with van der Waals surface area (Å²) in [6.07, 6.45) is 5.19. The van der Waals surface area contributed by atoms with Gasteiger partial charge in [0, 0.05) is 12.1 Å². The maximum Gasteiger partial charge on any atom is 0.0599 e. The molecule has 0 amide bonds. The maximum absolute atomic E-state index is 5.83. The quantitative estimate of drug-likeness (QED) is 0.603. The SMILES string of the molecule is C#CCN(CC)CC(C)(C)N. The standard InChI is InChI=1S/C9H18N2/c1-5-7-11(6-2)8-9(3,4)10/h1H,6-8,10H2,2-4H3. The van der Waals surface area contributed by atoms with Gasteiger partial charge in [0.1, 0.15) is 0 Å². The minimum Gasteiger partial charge on any atom is -0.324 e. The van der Waals surface area contributed by atoms with Gasteiger partial charge in [-0.3, -0.25) is 4.90 Å². The van der Waals surface area contributed by atoms with Crippen molar-refractivity contribution in [2.45, 2.75) is 26.3 Å². The monoisotopic (exact) mass is 154 g/mol. The predicted molar refractivity (Wildman–Crippen MR) is 49.2 cm³/mol. The highest BCUT2D eigenvalue weighted by Crippen LogP contribution is 2.00. The largest absolute Gasteiger partial charge is 0.324 e. The second kappa shape index (κ2) is 4.38. The third-order valence-electron chi connectivity index (χ3n) is 1.39. The van der Waals surface area contributed by atoms with Crippen molar-refractivity contribution in [3.05, 3.63) is 0 Å². The van der Waals surface area contributed by atoms with Gasteiger partial charge in [-0.25, -0.2) is 0 Å². The summed E-state index contributed by atoms with van der Waals surface area (Å²) in [6.45, 7) is 8.61. The molecule has 0 aliphatic carbocycles. The van der Waals surface area contributed by atoms with Crippen LogP contribution in [-0.4, -0.2) is 30.1 Å². The van der Waals surface area contributed by atoms with Crippen LogP contribution in [-0.2, 0) is 0 Å². The van der Waals surface area contributed by atoms with Gasteiger partial charge in [0.25, 0.3) is 0 Å². The van der Waals surface area contributed by atoms with Crippen LogP contribution in [0.2, 0.25) is 0 Å². The van der Waals surface area contributed by atoms with E-state index in [9.17, 15) is 0 Å². The number of rotatable bonds is 4. The third-order valence-corrected chi connectivity index (χ3v) is 1.39. The lowest BCUT2D eigenvalue weighted by Crippen LogP contribution is -2.45. The van der Waals surface area contributed by atoms with E-state index in [4.69, 9.17) is 12.2 Å². The lowest BCUT2D eigenvalue weighted by atomic mass is 10.1. The lowest BCUT2D eigenvalue weighted by Gasteiger charge is -2.27. The van der Waals surface area contributed by atoms with E-state index >= 15 is 0 Å². The van der Waals surface area contributed by atoms with Gasteiger partial charge in [0.2, 0.25) is 0 Å². The summed E-state index contributed by atoms with van der Waals surface area (Å²) in [4.78, 5) is 2.15. The Morgan fingerprint density at radius 3 is 2.36 bits per heavy atom. The Balaban J connectivity index is 3.80. The van der Waals surface area contributed by atoms with Crippen LogP contribution < -0.4 is 5.73 Å². The Bertz CT molecular complexity index is 139. The van der Waals surface area contributed by atoms with E-state index in [1.54, 1.807) is 0 Å². The first-order valence-corrected chi connectivity index (χ1v) is 3.94. The van der Waals surface area contributed by atoms with Gasteiger partial charge in [-0.05, 0) is 20.4 Å². The fourth-order valence-corrected chi connectivity index (χ4v) is 0.985. The predicted octanol–water partition coefficient (Wildman–Crippen LogP) is 0.679. The lowest BCUT2D eigenvalue weighted by molar-refractivity contribution is 0.261. The molecule has 0 rings (SSSR count). The zero-order chi connectivity index (χ0) is 8.91. The first-order valence-electron chi connectivity index (χ1n) is 3.94. The highest BCUT2D eigenvalue weighted by atomic mass is 15.1. The van der Waals surface area contributed by atoms with Crippen LogP contribution in [0.25, 0.3) is 0 Å². The molecule has 0 fully saturated rings. The molecule has 0 aromatic carbocycles. The third kappa shape index (κ3) is 5.90. The fourth-order valence-electron chi connectivity index (χ4n) is 0.985. The Morgan fingerprint density at radius 1 is 1.55 bits per heavy atom. The summed E-state index contributed by atoms with van der Waals surface area (Å²) in [5, 5.41) is 0. The molecule has 64 valence electrons. The Hall–Kier alpha value is -0.520. The van der Waals surface area contributed by atoms with Crippen LogP contribution in [0.5, 0.6) is 0 Å². The number of hydrogen-bond donors (Lipinski definition) is 1. The molecule has 0 spiro atoms. The summed E-state index contributed by atoms with van der Waals surface area (Å²) >= 11 is 0. The molecular weight excluding hydrogens is 136 g/mol. The van der Waals surface area contributed by atoms with Gasteiger partial charge in [0.05, 0.1) is 6.54 Å². The zero-order valence-corrected chi connectivity index (χ0v) is 7.72. The van der Waals surface area contributed by atoms with Gasteiger partial charge in [0.15, 0.2) is 0 Å². The molecule has 2 N–H and O–H groups in total. The van der Waals surface area contributed by atoms with Crippen LogP contribution in [0.4, 0.5) is 0 Å². The number of likely N-dealkylation sites (N-methyl/N-ethyl adjacent to an activating group) is 1. The molecule has 0 atom stereocenters. The summed E-state index contributed by atoms with van der Waals surface area (Å²) < 4.78 is 0. The molecule has 0 saturated carbocycles. The van der Waals surface area contributed by atoms with Crippen molar-refractivity contribution >= 4 is 0 Å². The number of nitrogens with two attached hydrogens (primary N) is 1. The molecule has 11 heavy (non-hydrogen) atoms. The van der Waals surface area contributed by atoms with Crippen LogP contribution in [0.15, 0.2) is 0 Å². The van der Waals surface area contributed by atoms with Crippen LogP contribution >= 0.6 is 0 Å². The zero-order valence-electron chi connectivity index (χ0n) is 7.72. The van der Waals surface area contributed by atoms with E-state index < -0.39 is 0 Å². The van der Waals surface area contributed by atoms with Crippen molar-refractivity contribution in [1.82, 2.24) is 4.90 Å². The van der Waals surface area contributed by atoms with Crippen molar-refractivity contribution in [1.29, 1.82) is 0 Å². The molecule has 0 unspecified atom stereocenters. The Kier molecular flexibility index (Phi) is 4.17. The molecule has 0 aromatic heterocycles. The van der Waals surface area contributed by atoms with Crippen LogP contribution in [0.3, 0.4) is 0 Å². The van der Waals surface area contributed by atoms with Gasteiger partial charge < -0.3 is 5.73 Å². The highest BCUT2D eigenvalue weighted by molar-refractivity contribution is 4.90. The summed E-state index contributed by atoms with van der Waals surface area (Å²) in [5.41, 5.74) is 5.69. The Morgan fingerprint density at radius 2 is 2.09 bits per heavy atom. The number of terminal acetylenes is 1. The first-order chi connectivity index (χ1) is 4.99. The van der Waals surface area contributed by atoms with E-state index in [0.717, 1.165) is 13.1 Å². The molecule has 0 heterocycles. The molecule has 2 nitrogen and oxygen atoms in total. The summed E-state index contributed by atoms with van der Waals surface area (Å²) in [6, 6.07) is 0. The minimum absolute atomic E-state index is 0.146. The molecule has 0 aliphatic heterocycles. The van der Waals surface area contributed by atoms with Crippen LogP contribution in [0, 0.1) is 12.3 Å². The minimum atomic E-state index is -0.146. The summed E-state index contributed by atoms with van der Waals surface area (Å²) in [5.74, 6) is 2.61. The van der Waals surface area contributed by atoms with E-state index in [0.29, 0.717) is 6.54 Å². The molecule has 0 saturated heterocycles. The van der Waals surface area contributed by atoms with Crippen LogP contribution in [0.1, 0.15) is 20.8 Å². The van der Waals surface area contributed by atoms with Gasteiger partial charge in [-0.15, -0.1) is 6.42 Å². The smallest absolute Gasteiger partial charge is 0.0599 e. The molecule has 0 bridgehead atoms. The first kappa shape index (κ1) is 10.5. The van der Waals surface area contributed by atoms with Gasteiger partial charge >= 0.3 is 0 Å². The van der Waals surface area contributed by atoms with Crippen molar-refractivity contribution in [2.24, 2.45) is 5.73 Å². The topological polar surface area (TPSA) is 29.3 Å². The number of nitrogens with zero attached hydrogens (tertiary/aromatic N) is 1. The second-order valence-electron chi connectivity index (χ2n) is 3.50. The molecule has 0 aromatic rings. The van der Waals surface area contributed by atoms with Crippen molar-refractivity contribution in [2.75, 3.05) is 19.6 Å². The summed E-state index contributed by atoms with van der Waals surface area (Å²) in [7, 11) is 0. The number of hydrogen-bond acceptors (Lipinski definition) is 2. The van der Waals surface area contributed by atoms with E-state index in [-0.39, 0.29) is 5.54 Å². The van der Waals surface area contributed by atoms with Crippen molar-refractivity contribution < 1.29 is 0 Å². The average molecular weight is 154 g/mol. The molecule has 0 aliphatic rings. The van der Waals surface area contributed by atoms with Gasteiger partial charge in [-0.1, -0.05) is 12.8 Å². The fraction of sp³-hybridized carbons (Fsp3) is 0.778. The molecule has 0 radical (unpaired) electrons. The van der Waals surface area contributed by atoms with Crippen molar-refractivity contribution in [3.63, 3.8) is 0 Å². The van der Waals surface area contributed by atoms with E-state index in [1.807, 2.05) is 13.8 Å². The van der Waals surface area contributed by atoms with E-state index in [1.165, 1.54) is 0 Å². The highest BCUT2D eigenvalue weighted by Gasteiger charge is 2.14. The average Bonchev–Trinajstić information content (AvgIpc) is 1.84. The second-order valence-corrected chi connectivity index (χ2v) is 3.50. The van der Waals surface area contributed by atoms with E-state index in [2.05, 4.69) is 17.7 Å². The van der Waals surface area contributed by atoms with Crippen molar-refractivity contribution in [3.8, 4) is 12.3 Å². The normalized spacial score (nSPS) is 11.6. The Labute approximate surface area is 69.8 Å². The van der Waals surface area contributed by atoms with Gasteiger partial charge in [-0.2, -0.15) is 0 Å². The maximum atomic E-state index is 5.83.